The SMILES string of the molecule is c1ccc(Cn2c(N(c3ccccc3)c3nc4ccccc4n3Cc3ccccc3)nc3ccccc32)cc1. The molecule has 0 atom stereocenters. The van der Waals surface area contributed by atoms with Crippen LogP contribution in [0.2, 0.25) is 0 Å². The van der Waals surface area contributed by atoms with Gasteiger partial charge in [0.2, 0.25) is 11.9 Å². The summed E-state index contributed by atoms with van der Waals surface area (Å²) in [5.41, 5.74) is 7.52. The van der Waals surface area contributed by atoms with E-state index >= 15 is 0 Å². The van der Waals surface area contributed by atoms with Crippen LogP contribution >= 0.6 is 0 Å². The predicted molar refractivity (Wildman–Crippen MR) is 159 cm³/mol. The molecule has 0 amide bonds. The Morgan fingerprint density at radius 3 is 1.28 bits per heavy atom. The van der Waals surface area contributed by atoms with Crippen molar-refractivity contribution >= 4 is 39.7 Å². The molecule has 7 aromatic rings. The predicted octanol–water partition coefficient (Wildman–Crippen LogP) is 7.95. The first-order valence-electron chi connectivity index (χ1n) is 13.2. The molecule has 0 radical (unpaired) electrons. The Kier molecular flexibility index (Phi) is 5.87. The zero-order valence-electron chi connectivity index (χ0n) is 21.4. The van der Waals surface area contributed by atoms with Crippen LogP contribution in [0.4, 0.5) is 17.6 Å². The van der Waals surface area contributed by atoms with Gasteiger partial charge >= 0.3 is 0 Å². The van der Waals surface area contributed by atoms with Crippen LogP contribution in [0.25, 0.3) is 22.1 Å². The molecule has 0 aliphatic rings. The molecule has 5 aromatic carbocycles. The van der Waals surface area contributed by atoms with E-state index in [9.17, 15) is 0 Å². The van der Waals surface area contributed by atoms with Crippen molar-refractivity contribution in [3.8, 4) is 0 Å². The molecule has 5 nitrogen and oxygen atoms in total. The summed E-state index contributed by atoms with van der Waals surface area (Å²) in [6.07, 6.45) is 0. The molecule has 0 fully saturated rings. The molecule has 188 valence electrons. The average Bonchev–Trinajstić information content (AvgIpc) is 3.53. The number of para-hydroxylation sites is 5. The van der Waals surface area contributed by atoms with Gasteiger partial charge in [-0.25, -0.2) is 14.9 Å². The number of fused-ring (bicyclic) bond motifs is 2. The van der Waals surface area contributed by atoms with Crippen LogP contribution in [-0.4, -0.2) is 19.1 Å². The van der Waals surface area contributed by atoms with E-state index in [0.29, 0.717) is 13.1 Å². The maximum Gasteiger partial charge on any atom is 0.218 e. The Morgan fingerprint density at radius 2 is 0.821 bits per heavy atom. The first-order valence-corrected chi connectivity index (χ1v) is 13.2. The van der Waals surface area contributed by atoms with E-state index in [-0.39, 0.29) is 0 Å². The summed E-state index contributed by atoms with van der Waals surface area (Å²) < 4.78 is 4.59. The van der Waals surface area contributed by atoms with Gasteiger partial charge in [0.25, 0.3) is 0 Å². The van der Waals surface area contributed by atoms with Gasteiger partial charge in [0.05, 0.1) is 40.8 Å². The second kappa shape index (κ2) is 9.95. The van der Waals surface area contributed by atoms with Gasteiger partial charge in [0.15, 0.2) is 0 Å². The lowest BCUT2D eigenvalue weighted by Gasteiger charge is -2.25. The number of benzene rings is 5. The summed E-state index contributed by atoms with van der Waals surface area (Å²) in [5, 5.41) is 0. The Balaban J connectivity index is 1.49. The summed E-state index contributed by atoms with van der Waals surface area (Å²) >= 11 is 0. The quantitative estimate of drug-likeness (QED) is 0.221. The maximum atomic E-state index is 5.22. The fraction of sp³-hybridized carbons (Fsp3) is 0.0588. The molecule has 2 heterocycles. The van der Waals surface area contributed by atoms with Crippen LogP contribution in [-0.2, 0) is 13.1 Å². The van der Waals surface area contributed by atoms with Crippen molar-refractivity contribution in [1.29, 1.82) is 0 Å². The lowest BCUT2D eigenvalue weighted by atomic mass is 10.2. The van der Waals surface area contributed by atoms with Crippen molar-refractivity contribution in [3.63, 3.8) is 0 Å². The Hall–Kier alpha value is -5.16. The van der Waals surface area contributed by atoms with Gasteiger partial charge in [0, 0.05) is 0 Å². The van der Waals surface area contributed by atoms with E-state index in [1.807, 2.05) is 18.2 Å². The third kappa shape index (κ3) is 4.34. The summed E-state index contributed by atoms with van der Waals surface area (Å²) in [6, 6.07) is 48.2. The van der Waals surface area contributed by atoms with E-state index < -0.39 is 0 Å². The molecule has 5 heteroatoms. The second-order valence-electron chi connectivity index (χ2n) is 9.62. The monoisotopic (exact) mass is 505 g/mol. The molecular weight excluding hydrogens is 478 g/mol. The number of nitrogens with zero attached hydrogens (tertiary/aromatic N) is 5. The standard InChI is InChI=1S/C34H27N5/c1-4-14-26(15-5-1)24-37-31-22-12-10-20-29(31)35-33(37)39(28-18-8-3-9-19-28)34-36-30-21-11-13-23-32(30)38(34)25-27-16-6-2-7-17-27/h1-23H,24-25H2. The highest BCUT2D eigenvalue weighted by Crippen LogP contribution is 2.37. The van der Waals surface area contributed by atoms with Crippen LogP contribution in [0.3, 0.4) is 0 Å². The molecule has 0 spiro atoms. The smallest absolute Gasteiger partial charge is 0.218 e. The number of imidazole rings is 2. The molecule has 0 bridgehead atoms. The van der Waals surface area contributed by atoms with Crippen molar-refractivity contribution < 1.29 is 0 Å². The third-order valence-corrected chi connectivity index (χ3v) is 7.05. The van der Waals surface area contributed by atoms with E-state index in [1.165, 1.54) is 11.1 Å². The van der Waals surface area contributed by atoms with Crippen molar-refractivity contribution in [2.24, 2.45) is 0 Å². The molecule has 2 aromatic heterocycles. The maximum absolute atomic E-state index is 5.22. The van der Waals surface area contributed by atoms with Gasteiger partial charge in [0.1, 0.15) is 0 Å². The Labute approximate surface area is 227 Å². The van der Waals surface area contributed by atoms with Gasteiger partial charge in [-0.2, -0.15) is 0 Å². The van der Waals surface area contributed by atoms with Gasteiger partial charge < -0.3 is 9.13 Å². The van der Waals surface area contributed by atoms with Crippen molar-refractivity contribution in [1.82, 2.24) is 19.1 Å². The van der Waals surface area contributed by atoms with Crippen molar-refractivity contribution in [2.45, 2.75) is 13.1 Å². The lowest BCUT2D eigenvalue weighted by Crippen LogP contribution is -2.20. The van der Waals surface area contributed by atoms with E-state index in [1.54, 1.807) is 0 Å². The Morgan fingerprint density at radius 1 is 0.436 bits per heavy atom. The normalized spacial score (nSPS) is 11.3. The number of hydrogen-bond donors (Lipinski definition) is 0. The molecule has 0 saturated carbocycles. The highest BCUT2D eigenvalue weighted by molar-refractivity contribution is 5.86. The average molecular weight is 506 g/mol. The molecule has 39 heavy (non-hydrogen) atoms. The van der Waals surface area contributed by atoms with Crippen LogP contribution in [0.15, 0.2) is 140 Å². The Bertz CT molecular complexity index is 1730. The molecule has 0 aliphatic heterocycles. The fourth-order valence-corrected chi connectivity index (χ4v) is 5.21. The summed E-state index contributed by atoms with van der Waals surface area (Å²) in [7, 11) is 0. The zero-order valence-corrected chi connectivity index (χ0v) is 21.4. The fourth-order valence-electron chi connectivity index (χ4n) is 5.21. The second-order valence-corrected chi connectivity index (χ2v) is 9.62. The van der Waals surface area contributed by atoms with Crippen LogP contribution < -0.4 is 4.90 Å². The minimum Gasteiger partial charge on any atom is -0.305 e. The minimum absolute atomic E-state index is 0.693. The van der Waals surface area contributed by atoms with Crippen LogP contribution in [0.5, 0.6) is 0 Å². The zero-order chi connectivity index (χ0) is 26.0. The van der Waals surface area contributed by atoms with E-state index in [2.05, 4.69) is 135 Å². The molecular formula is C34H27N5. The summed E-state index contributed by atoms with van der Waals surface area (Å²) in [4.78, 5) is 12.6. The lowest BCUT2D eigenvalue weighted by molar-refractivity contribution is 0.781. The molecule has 0 saturated heterocycles. The van der Waals surface area contributed by atoms with Crippen LogP contribution in [0.1, 0.15) is 11.1 Å². The summed E-state index contributed by atoms with van der Waals surface area (Å²) in [5.74, 6) is 1.66. The first-order chi connectivity index (χ1) is 19.3. The highest BCUT2D eigenvalue weighted by Gasteiger charge is 2.26. The topological polar surface area (TPSA) is 38.9 Å². The van der Waals surface area contributed by atoms with Gasteiger partial charge in [-0.1, -0.05) is 103 Å². The van der Waals surface area contributed by atoms with Crippen LogP contribution in [0, 0.1) is 0 Å². The molecule has 7 rings (SSSR count). The van der Waals surface area contributed by atoms with Gasteiger partial charge in [-0.15, -0.1) is 0 Å². The number of hydrogen-bond acceptors (Lipinski definition) is 3. The number of anilines is 3. The van der Waals surface area contributed by atoms with Crippen molar-refractivity contribution in [3.05, 3.63) is 151 Å². The van der Waals surface area contributed by atoms with Crippen molar-refractivity contribution in [2.75, 3.05) is 4.90 Å². The van der Waals surface area contributed by atoms with Gasteiger partial charge in [-0.05, 0) is 47.5 Å². The van der Waals surface area contributed by atoms with E-state index in [0.717, 1.165) is 39.7 Å². The molecule has 0 N–H and O–H groups in total. The molecule has 0 aliphatic carbocycles. The first kappa shape index (κ1) is 23.0. The largest absolute Gasteiger partial charge is 0.305 e. The third-order valence-electron chi connectivity index (χ3n) is 7.05. The van der Waals surface area contributed by atoms with E-state index in [4.69, 9.17) is 9.97 Å². The van der Waals surface area contributed by atoms with Gasteiger partial charge in [-0.3, -0.25) is 0 Å². The highest BCUT2D eigenvalue weighted by atomic mass is 15.4. The minimum atomic E-state index is 0.693. The summed E-state index contributed by atoms with van der Waals surface area (Å²) in [6.45, 7) is 1.39. The molecule has 0 unspecified atom stereocenters. The number of aromatic nitrogens is 4. The number of rotatable bonds is 7.